The van der Waals surface area contributed by atoms with Crippen molar-refractivity contribution in [1.29, 1.82) is 0 Å². The van der Waals surface area contributed by atoms with Gasteiger partial charge in [-0.25, -0.2) is 0 Å². The van der Waals surface area contributed by atoms with Crippen LogP contribution in [0.25, 0.3) is 11.1 Å². The molecule has 6 nitrogen and oxygen atoms in total. The Balaban J connectivity index is 1.77. The molecule has 27 heavy (non-hydrogen) atoms. The number of benzene rings is 2. The van der Waals surface area contributed by atoms with E-state index in [-0.39, 0.29) is 18.4 Å². The molecular weight excluding hydrogens is 344 g/mol. The molecule has 3 rings (SSSR count). The summed E-state index contributed by atoms with van der Waals surface area (Å²) >= 11 is 0. The van der Waals surface area contributed by atoms with Crippen LogP contribution in [0.15, 0.2) is 59.8 Å². The van der Waals surface area contributed by atoms with Crippen LogP contribution in [0.3, 0.4) is 0 Å². The molecule has 0 aromatic heterocycles. The summed E-state index contributed by atoms with van der Waals surface area (Å²) in [6.07, 6.45) is 0.947. The number of aliphatic carboxylic acids is 1. The number of hydrogen-bond donors (Lipinski definition) is 1. The van der Waals surface area contributed by atoms with Crippen LogP contribution < -0.4 is 0 Å². The van der Waals surface area contributed by atoms with Gasteiger partial charge >= 0.3 is 5.97 Å². The van der Waals surface area contributed by atoms with Gasteiger partial charge in [-0.1, -0.05) is 47.6 Å². The van der Waals surface area contributed by atoms with Crippen molar-refractivity contribution in [3.63, 3.8) is 0 Å². The average molecular weight is 366 g/mol. The van der Waals surface area contributed by atoms with Crippen LogP contribution in [0.1, 0.15) is 29.6 Å². The lowest BCUT2D eigenvalue weighted by Gasteiger charge is -2.23. The van der Waals surface area contributed by atoms with E-state index in [1.807, 2.05) is 54.6 Å². The van der Waals surface area contributed by atoms with Gasteiger partial charge in [0.15, 0.2) is 0 Å². The van der Waals surface area contributed by atoms with Crippen molar-refractivity contribution >= 4 is 17.6 Å². The maximum absolute atomic E-state index is 13.0. The lowest BCUT2D eigenvalue weighted by atomic mass is 10.0. The van der Waals surface area contributed by atoms with Gasteiger partial charge in [0.1, 0.15) is 7.11 Å². The second kappa shape index (κ2) is 8.49. The normalized spacial score (nSPS) is 17.9. The molecule has 1 heterocycles. The molecule has 0 radical (unpaired) electrons. The van der Waals surface area contributed by atoms with Gasteiger partial charge in [0.2, 0.25) is 0 Å². The number of amides is 1. The van der Waals surface area contributed by atoms with Crippen LogP contribution in [0, 0.1) is 0 Å². The smallest absolute Gasteiger partial charge is 0.303 e. The number of oxime groups is 1. The Kier molecular flexibility index (Phi) is 5.86. The molecule has 0 saturated carbocycles. The third-order valence-corrected chi connectivity index (χ3v) is 4.68. The summed E-state index contributed by atoms with van der Waals surface area (Å²) in [7, 11) is 1.46. The number of carbonyl (C=O) groups is 2. The molecular formula is C21H22N2O4. The van der Waals surface area contributed by atoms with Crippen molar-refractivity contribution < 1.29 is 19.5 Å². The van der Waals surface area contributed by atoms with Crippen LogP contribution in [0.5, 0.6) is 0 Å². The quantitative estimate of drug-likeness (QED) is 0.795. The topological polar surface area (TPSA) is 79.2 Å². The molecule has 2 aromatic rings. The van der Waals surface area contributed by atoms with Crippen LogP contribution in [0.4, 0.5) is 0 Å². The zero-order valence-electron chi connectivity index (χ0n) is 15.2. The Morgan fingerprint density at radius 1 is 1.11 bits per heavy atom. The summed E-state index contributed by atoms with van der Waals surface area (Å²) in [5, 5.41) is 12.9. The molecule has 1 atom stereocenters. The molecule has 1 aliphatic rings. The lowest BCUT2D eigenvalue weighted by molar-refractivity contribution is -0.137. The van der Waals surface area contributed by atoms with Crippen LogP contribution in [-0.4, -0.2) is 47.3 Å². The summed E-state index contributed by atoms with van der Waals surface area (Å²) in [5.41, 5.74) is 3.46. The maximum Gasteiger partial charge on any atom is 0.303 e. The van der Waals surface area contributed by atoms with E-state index in [9.17, 15) is 9.59 Å². The van der Waals surface area contributed by atoms with Gasteiger partial charge in [0.25, 0.3) is 5.91 Å². The average Bonchev–Trinajstić information content (AvgIpc) is 3.10. The molecule has 2 aromatic carbocycles. The van der Waals surface area contributed by atoms with E-state index in [0.717, 1.165) is 16.8 Å². The highest BCUT2D eigenvalue weighted by molar-refractivity contribution is 6.00. The Hall–Kier alpha value is -3.15. The van der Waals surface area contributed by atoms with E-state index >= 15 is 0 Å². The first-order chi connectivity index (χ1) is 13.1. The Morgan fingerprint density at radius 3 is 2.41 bits per heavy atom. The van der Waals surface area contributed by atoms with Crippen molar-refractivity contribution in [3.05, 3.63) is 60.2 Å². The van der Waals surface area contributed by atoms with Gasteiger partial charge in [-0.15, -0.1) is 0 Å². The second-order valence-electron chi connectivity index (χ2n) is 6.51. The fourth-order valence-corrected chi connectivity index (χ4v) is 3.35. The Bertz CT molecular complexity index is 831. The molecule has 1 aliphatic heterocycles. The van der Waals surface area contributed by atoms with Gasteiger partial charge in [0, 0.05) is 24.4 Å². The van der Waals surface area contributed by atoms with E-state index in [0.29, 0.717) is 24.9 Å². The maximum atomic E-state index is 13.0. The van der Waals surface area contributed by atoms with Gasteiger partial charge in [-0.05, 0) is 29.7 Å². The summed E-state index contributed by atoms with van der Waals surface area (Å²) < 4.78 is 0. The molecule has 140 valence electrons. The number of hydrogen-bond acceptors (Lipinski definition) is 4. The number of rotatable bonds is 6. The van der Waals surface area contributed by atoms with Crippen molar-refractivity contribution in [1.82, 2.24) is 4.90 Å². The fraction of sp³-hybridized carbons (Fsp3) is 0.286. The van der Waals surface area contributed by atoms with Gasteiger partial charge in [-0.2, -0.15) is 0 Å². The minimum absolute atomic E-state index is 0.0155. The number of likely N-dealkylation sites (tertiary alicyclic amines) is 1. The Labute approximate surface area is 158 Å². The monoisotopic (exact) mass is 366 g/mol. The van der Waals surface area contributed by atoms with Crippen LogP contribution >= 0.6 is 0 Å². The van der Waals surface area contributed by atoms with E-state index in [4.69, 9.17) is 9.94 Å². The summed E-state index contributed by atoms with van der Waals surface area (Å²) in [5.74, 6) is -0.988. The highest BCUT2D eigenvalue weighted by Crippen LogP contribution is 2.24. The minimum atomic E-state index is -0.869. The first kappa shape index (κ1) is 18.6. The van der Waals surface area contributed by atoms with E-state index in [2.05, 4.69) is 5.16 Å². The van der Waals surface area contributed by atoms with Crippen LogP contribution in [0.2, 0.25) is 0 Å². The molecule has 1 fully saturated rings. The SMILES string of the molecule is CON=C1C[C@@H](CCC(=O)O)N(C(=O)c2ccc(-c3ccccc3)cc2)C1. The molecule has 1 saturated heterocycles. The van der Waals surface area contributed by atoms with Gasteiger partial charge < -0.3 is 14.8 Å². The summed E-state index contributed by atoms with van der Waals surface area (Å²) in [6, 6.07) is 17.2. The van der Waals surface area contributed by atoms with E-state index in [1.54, 1.807) is 4.90 Å². The molecule has 0 unspecified atom stereocenters. The van der Waals surface area contributed by atoms with Crippen molar-refractivity contribution in [3.8, 4) is 11.1 Å². The zero-order valence-corrected chi connectivity index (χ0v) is 15.2. The molecule has 0 spiro atoms. The highest BCUT2D eigenvalue weighted by atomic mass is 16.6. The van der Waals surface area contributed by atoms with E-state index < -0.39 is 5.97 Å². The van der Waals surface area contributed by atoms with Crippen molar-refractivity contribution in [2.24, 2.45) is 5.16 Å². The first-order valence-corrected chi connectivity index (χ1v) is 8.85. The summed E-state index contributed by atoms with van der Waals surface area (Å²) in [6.45, 7) is 0.359. The fourth-order valence-electron chi connectivity index (χ4n) is 3.35. The minimum Gasteiger partial charge on any atom is -0.481 e. The molecule has 1 amide bonds. The Morgan fingerprint density at radius 2 is 1.78 bits per heavy atom. The van der Waals surface area contributed by atoms with Gasteiger partial charge in [-0.3, -0.25) is 9.59 Å². The van der Waals surface area contributed by atoms with E-state index in [1.165, 1.54) is 7.11 Å². The summed E-state index contributed by atoms with van der Waals surface area (Å²) in [4.78, 5) is 30.4. The second-order valence-corrected chi connectivity index (χ2v) is 6.51. The molecule has 6 heteroatoms. The zero-order chi connectivity index (χ0) is 19.2. The molecule has 1 N–H and O–H groups in total. The van der Waals surface area contributed by atoms with Gasteiger partial charge in [0.05, 0.1) is 12.3 Å². The number of nitrogens with zero attached hydrogens (tertiary/aromatic N) is 2. The third-order valence-electron chi connectivity index (χ3n) is 4.68. The number of carbonyl (C=O) groups excluding carboxylic acids is 1. The van der Waals surface area contributed by atoms with Crippen LogP contribution in [-0.2, 0) is 9.63 Å². The lowest BCUT2D eigenvalue weighted by Crippen LogP contribution is -2.36. The largest absolute Gasteiger partial charge is 0.481 e. The van der Waals surface area contributed by atoms with Crippen molar-refractivity contribution in [2.45, 2.75) is 25.3 Å². The molecule has 0 aliphatic carbocycles. The number of carboxylic acids is 1. The third kappa shape index (κ3) is 4.53. The number of carboxylic acid groups (broad SMARTS) is 1. The standard InChI is InChI=1S/C21H22N2O4/c1-27-22-18-13-19(11-12-20(24)25)23(14-18)21(26)17-9-7-16(8-10-17)15-5-3-2-4-6-15/h2-10,19H,11-14H2,1H3,(H,24,25)/t19-/m1/s1. The predicted octanol–water partition coefficient (Wildman–Crippen LogP) is 3.44. The highest BCUT2D eigenvalue weighted by Gasteiger charge is 2.33. The first-order valence-electron chi connectivity index (χ1n) is 8.85. The predicted molar refractivity (Wildman–Crippen MR) is 103 cm³/mol. The van der Waals surface area contributed by atoms with Crippen molar-refractivity contribution in [2.75, 3.05) is 13.7 Å². The molecule has 0 bridgehead atoms.